The summed E-state index contributed by atoms with van der Waals surface area (Å²) in [6, 6.07) is 15.6. The first-order valence-electron chi connectivity index (χ1n) is 6.63. The van der Waals surface area contributed by atoms with Crippen LogP contribution in [0.3, 0.4) is 0 Å². The van der Waals surface area contributed by atoms with Gasteiger partial charge < -0.3 is 5.32 Å². The Bertz CT molecular complexity index is 435. The van der Waals surface area contributed by atoms with Crippen LogP contribution in [0.4, 0.5) is 0 Å². The summed E-state index contributed by atoms with van der Waals surface area (Å²) in [5.74, 6) is 0.556. The third-order valence-corrected chi connectivity index (χ3v) is 4.32. The molecule has 2 atom stereocenters. The Balaban J connectivity index is 1.91. The topological polar surface area (TPSA) is 12.0 Å². The lowest BCUT2D eigenvalue weighted by Gasteiger charge is -2.19. The molecule has 2 unspecified atom stereocenters. The monoisotopic (exact) mass is 259 g/mol. The number of hydrogen-bond acceptors (Lipinski definition) is 2. The third kappa shape index (κ3) is 3.44. The molecular weight excluding hydrogens is 238 g/mol. The van der Waals surface area contributed by atoms with E-state index in [1.807, 2.05) is 11.3 Å². The van der Waals surface area contributed by atoms with E-state index in [0.717, 1.165) is 13.0 Å². The number of thiophene rings is 1. The van der Waals surface area contributed by atoms with Crippen molar-refractivity contribution in [1.82, 2.24) is 5.32 Å². The third-order valence-electron chi connectivity index (χ3n) is 3.33. The molecule has 0 fully saturated rings. The predicted octanol–water partition coefficient (Wildman–Crippen LogP) is 4.59. The van der Waals surface area contributed by atoms with Crippen molar-refractivity contribution < 1.29 is 0 Å². The number of hydrogen-bond donors (Lipinski definition) is 1. The highest BCUT2D eigenvalue weighted by Crippen LogP contribution is 2.23. The highest BCUT2D eigenvalue weighted by atomic mass is 32.1. The summed E-state index contributed by atoms with van der Waals surface area (Å²) in [5, 5.41) is 5.83. The Hall–Kier alpha value is -1.12. The van der Waals surface area contributed by atoms with E-state index >= 15 is 0 Å². The maximum atomic E-state index is 3.68. The number of rotatable bonds is 6. The molecule has 2 heteroatoms. The molecule has 0 aliphatic carbocycles. The van der Waals surface area contributed by atoms with Crippen LogP contribution in [0.5, 0.6) is 0 Å². The summed E-state index contributed by atoms with van der Waals surface area (Å²) < 4.78 is 0. The van der Waals surface area contributed by atoms with E-state index in [2.05, 4.69) is 67.0 Å². The van der Waals surface area contributed by atoms with Gasteiger partial charge in [-0.15, -0.1) is 11.3 Å². The van der Waals surface area contributed by atoms with Crippen LogP contribution in [0, 0.1) is 0 Å². The van der Waals surface area contributed by atoms with Gasteiger partial charge in [0.1, 0.15) is 0 Å². The highest BCUT2D eigenvalue weighted by Gasteiger charge is 2.12. The summed E-state index contributed by atoms with van der Waals surface area (Å²) in [6.45, 7) is 5.55. The molecule has 0 bridgehead atoms. The minimum Gasteiger partial charge on any atom is -0.309 e. The Kier molecular flexibility index (Phi) is 4.97. The molecule has 2 aromatic rings. The zero-order valence-electron chi connectivity index (χ0n) is 11.1. The van der Waals surface area contributed by atoms with Gasteiger partial charge in [-0.3, -0.25) is 0 Å². The van der Waals surface area contributed by atoms with Gasteiger partial charge >= 0.3 is 0 Å². The molecule has 1 nitrogen and oxygen atoms in total. The van der Waals surface area contributed by atoms with E-state index in [9.17, 15) is 0 Å². The van der Waals surface area contributed by atoms with Crippen molar-refractivity contribution in [2.75, 3.05) is 6.54 Å². The largest absolute Gasteiger partial charge is 0.309 e. The van der Waals surface area contributed by atoms with Crippen molar-refractivity contribution in [2.24, 2.45) is 0 Å². The molecule has 0 saturated carbocycles. The molecule has 0 spiro atoms. The van der Waals surface area contributed by atoms with Crippen molar-refractivity contribution in [2.45, 2.75) is 32.2 Å². The van der Waals surface area contributed by atoms with Gasteiger partial charge in [0.25, 0.3) is 0 Å². The average molecular weight is 259 g/mol. The molecule has 0 aliphatic heterocycles. The second kappa shape index (κ2) is 6.72. The van der Waals surface area contributed by atoms with Crippen LogP contribution in [0.2, 0.25) is 0 Å². The van der Waals surface area contributed by atoms with Crippen LogP contribution in [-0.2, 0) is 0 Å². The molecule has 0 aliphatic rings. The van der Waals surface area contributed by atoms with Crippen LogP contribution in [0.25, 0.3) is 0 Å². The van der Waals surface area contributed by atoms with Gasteiger partial charge in [-0.25, -0.2) is 0 Å². The van der Waals surface area contributed by atoms with Crippen molar-refractivity contribution in [3.63, 3.8) is 0 Å². The van der Waals surface area contributed by atoms with E-state index < -0.39 is 0 Å². The van der Waals surface area contributed by atoms with Crippen molar-refractivity contribution in [3.05, 3.63) is 58.3 Å². The van der Waals surface area contributed by atoms with Crippen molar-refractivity contribution in [3.8, 4) is 0 Å². The summed E-state index contributed by atoms with van der Waals surface area (Å²) in [4.78, 5) is 1.44. The lowest BCUT2D eigenvalue weighted by molar-refractivity contribution is 0.501. The maximum Gasteiger partial charge on any atom is 0.0412 e. The smallest absolute Gasteiger partial charge is 0.0412 e. The second-order valence-corrected chi connectivity index (χ2v) is 5.68. The fourth-order valence-electron chi connectivity index (χ4n) is 2.15. The fourth-order valence-corrected chi connectivity index (χ4v) is 3.04. The summed E-state index contributed by atoms with van der Waals surface area (Å²) in [6.07, 6.45) is 1.14. The first-order valence-corrected chi connectivity index (χ1v) is 7.51. The molecule has 0 amide bonds. The van der Waals surface area contributed by atoms with E-state index in [1.165, 1.54) is 10.4 Å². The molecule has 96 valence electrons. The second-order valence-electron chi connectivity index (χ2n) is 4.70. The Morgan fingerprint density at radius 1 is 1.11 bits per heavy atom. The van der Waals surface area contributed by atoms with Gasteiger partial charge in [0, 0.05) is 17.5 Å². The minimum atomic E-state index is 0.496. The zero-order chi connectivity index (χ0) is 12.8. The molecule has 18 heavy (non-hydrogen) atoms. The summed E-state index contributed by atoms with van der Waals surface area (Å²) >= 11 is 1.84. The van der Waals surface area contributed by atoms with E-state index in [0.29, 0.717) is 12.0 Å². The molecule has 1 N–H and O–H groups in total. The first kappa shape index (κ1) is 13.3. The van der Waals surface area contributed by atoms with Crippen LogP contribution < -0.4 is 5.32 Å². The van der Waals surface area contributed by atoms with Gasteiger partial charge in [0.05, 0.1) is 0 Å². The van der Waals surface area contributed by atoms with E-state index in [4.69, 9.17) is 0 Å². The zero-order valence-corrected chi connectivity index (χ0v) is 11.9. The molecule has 2 rings (SSSR count). The lowest BCUT2D eigenvalue weighted by atomic mass is 10.0. The van der Waals surface area contributed by atoms with Gasteiger partial charge in [-0.1, -0.05) is 50.2 Å². The minimum absolute atomic E-state index is 0.496. The normalized spacial score (nSPS) is 14.3. The van der Waals surface area contributed by atoms with E-state index in [-0.39, 0.29) is 0 Å². The van der Waals surface area contributed by atoms with Crippen LogP contribution >= 0.6 is 11.3 Å². The molecular formula is C16H21NS. The molecule has 0 saturated heterocycles. The van der Waals surface area contributed by atoms with Crippen LogP contribution in [-0.4, -0.2) is 6.54 Å². The van der Waals surface area contributed by atoms with Crippen molar-refractivity contribution in [1.29, 1.82) is 0 Å². The van der Waals surface area contributed by atoms with E-state index in [1.54, 1.807) is 0 Å². The molecule has 1 heterocycles. The average Bonchev–Trinajstić information content (AvgIpc) is 2.94. The predicted molar refractivity (Wildman–Crippen MR) is 80.2 cm³/mol. The SMILES string of the molecule is CCC(NCC(C)c1ccccc1)c1cccs1. The fraction of sp³-hybridized carbons (Fsp3) is 0.375. The Morgan fingerprint density at radius 3 is 2.50 bits per heavy atom. The molecule has 0 radical (unpaired) electrons. The molecule has 1 aromatic carbocycles. The standard InChI is InChI=1S/C16H21NS/c1-3-15(16-10-7-11-18-16)17-12-13(2)14-8-5-4-6-9-14/h4-11,13,15,17H,3,12H2,1-2H3. The highest BCUT2D eigenvalue weighted by molar-refractivity contribution is 7.10. The van der Waals surface area contributed by atoms with Gasteiger partial charge in [-0.2, -0.15) is 0 Å². The number of nitrogens with one attached hydrogen (secondary N) is 1. The van der Waals surface area contributed by atoms with Crippen LogP contribution in [0.15, 0.2) is 47.8 Å². The molecule has 1 aromatic heterocycles. The van der Waals surface area contributed by atoms with Crippen LogP contribution in [0.1, 0.15) is 42.7 Å². The summed E-state index contributed by atoms with van der Waals surface area (Å²) in [7, 11) is 0. The Labute approximate surface area is 114 Å². The number of benzene rings is 1. The quantitative estimate of drug-likeness (QED) is 0.800. The summed E-state index contributed by atoms with van der Waals surface area (Å²) in [5.41, 5.74) is 1.41. The van der Waals surface area contributed by atoms with Crippen molar-refractivity contribution >= 4 is 11.3 Å². The van der Waals surface area contributed by atoms with Gasteiger partial charge in [-0.05, 0) is 29.3 Å². The lowest BCUT2D eigenvalue weighted by Crippen LogP contribution is -2.24. The van der Waals surface area contributed by atoms with Gasteiger partial charge in [0.2, 0.25) is 0 Å². The first-order chi connectivity index (χ1) is 8.81. The Morgan fingerprint density at radius 2 is 1.89 bits per heavy atom. The van der Waals surface area contributed by atoms with Gasteiger partial charge in [0.15, 0.2) is 0 Å². The maximum absolute atomic E-state index is 3.68.